The van der Waals surface area contributed by atoms with Gasteiger partial charge in [-0.25, -0.2) is 4.39 Å². The van der Waals surface area contributed by atoms with Gasteiger partial charge in [0.1, 0.15) is 11.9 Å². The van der Waals surface area contributed by atoms with E-state index in [1.54, 1.807) is 0 Å². The largest absolute Gasteiger partial charge is 0.394 e. The van der Waals surface area contributed by atoms with E-state index in [2.05, 4.69) is 15.5 Å². The maximum absolute atomic E-state index is 13.3. The monoisotopic (exact) mass is 407 g/mol. The average Bonchev–Trinajstić information content (AvgIpc) is 3.22. The zero-order chi connectivity index (χ0) is 20.6. The molecule has 2 heterocycles. The van der Waals surface area contributed by atoms with Gasteiger partial charge in [0.05, 0.1) is 25.2 Å². The molecular weight excluding hydrogens is 377 g/mol. The van der Waals surface area contributed by atoms with Crippen LogP contribution < -0.4 is 10.6 Å². The van der Waals surface area contributed by atoms with Gasteiger partial charge in [0, 0.05) is 18.7 Å². The third-order valence-electron chi connectivity index (χ3n) is 5.56. The van der Waals surface area contributed by atoms with Crippen molar-refractivity contribution in [3.05, 3.63) is 35.6 Å². The van der Waals surface area contributed by atoms with Gasteiger partial charge >= 0.3 is 0 Å². The number of nitrogens with one attached hydrogen (secondary N) is 2. The molecule has 0 radical (unpaired) electrons. The highest BCUT2D eigenvalue weighted by molar-refractivity contribution is 5.94. The zero-order valence-electron chi connectivity index (χ0n) is 16.6. The maximum atomic E-state index is 13.3. The second-order valence-electron chi connectivity index (χ2n) is 7.75. The fourth-order valence-electron chi connectivity index (χ4n) is 3.97. The molecule has 2 amide bonds. The lowest BCUT2D eigenvalue weighted by Crippen LogP contribution is -2.51. The molecule has 29 heavy (non-hydrogen) atoms. The highest BCUT2D eigenvalue weighted by Crippen LogP contribution is 2.22. The zero-order valence-corrected chi connectivity index (χ0v) is 16.6. The number of benzene rings is 1. The van der Waals surface area contributed by atoms with Gasteiger partial charge in [-0.2, -0.15) is 0 Å². The van der Waals surface area contributed by atoms with Gasteiger partial charge in [0.25, 0.3) is 5.91 Å². The van der Waals surface area contributed by atoms with E-state index in [1.165, 1.54) is 37.1 Å². The lowest BCUT2D eigenvalue weighted by Gasteiger charge is -2.36. The Morgan fingerprint density at radius 3 is 2.76 bits per heavy atom. The Kier molecular flexibility index (Phi) is 7.97. The molecule has 0 aromatic heterocycles. The average molecular weight is 407 g/mol. The fourth-order valence-corrected chi connectivity index (χ4v) is 3.97. The molecule has 160 valence electrons. The van der Waals surface area contributed by atoms with Gasteiger partial charge in [-0.05, 0) is 57.0 Å². The van der Waals surface area contributed by atoms with Crippen molar-refractivity contribution >= 4 is 11.8 Å². The van der Waals surface area contributed by atoms with Crippen LogP contribution in [0.1, 0.15) is 42.5 Å². The van der Waals surface area contributed by atoms with Crippen molar-refractivity contribution in [3.63, 3.8) is 0 Å². The van der Waals surface area contributed by atoms with Gasteiger partial charge in [-0.3, -0.25) is 9.59 Å². The molecule has 1 aromatic carbocycles. The Labute approximate surface area is 170 Å². The van der Waals surface area contributed by atoms with Gasteiger partial charge < -0.3 is 25.4 Å². The molecule has 3 rings (SSSR count). The second-order valence-corrected chi connectivity index (χ2v) is 7.75. The van der Waals surface area contributed by atoms with E-state index >= 15 is 0 Å². The number of rotatable bonds is 8. The summed E-state index contributed by atoms with van der Waals surface area (Å²) in [4.78, 5) is 26.8. The quantitative estimate of drug-likeness (QED) is 0.600. The van der Waals surface area contributed by atoms with Crippen LogP contribution in [0.25, 0.3) is 0 Å². The van der Waals surface area contributed by atoms with Crippen molar-refractivity contribution in [1.29, 1.82) is 0 Å². The first-order chi connectivity index (χ1) is 14.0. The summed E-state index contributed by atoms with van der Waals surface area (Å²) in [5.74, 6) is -0.949. The molecule has 7 nitrogen and oxygen atoms in total. The Morgan fingerprint density at radius 2 is 2.03 bits per heavy atom. The summed E-state index contributed by atoms with van der Waals surface area (Å²) in [7, 11) is 0. The summed E-state index contributed by atoms with van der Waals surface area (Å²) in [5, 5.41) is 15.4. The van der Waals surface area contributed by atoms with E-state index < -0.39 is 17.8 Å². The normalized spacial score (nSPS) is 25.0. The molecule has 8 heteroatoms. The molecule has 0 spiro atoms. The first-order valence-corrected chi connectivity index (χ1v) is 10.4. The van der Waals surface area contributed by atoms with Crippen molar-refractivity contribution in [1.82, 2.24) is 15.5 Å². The minimum absolute atomic E-state index is 0.0619. The van der Waals surface area contributed by atoms with Crippen LogP contribution in [0.2, 0.25) is 0 Å². The highest BCUT2D eigenvalue weighted by atomic mass is 19.1. The van der Waals surface area contributed by atoms with E-state index in [1.807, 2.05) is 0 Å². The Hall–Kier alpha value is -2.03. The molecule has 2 saturated heterocycles. The number of aliphatic hydroxyl groups is 1. The number of ether oxygens (including phenoxy) is 1. The lowest BCUT2D eigenvalue weighted by atomic mass is 9.96. The number of carbonyl (C=O) groups is 2. The summed E-state index contributed by atoms with van der Waals surface area (Å²) < 4.78 is 19.2. The van der Waals surface area contributed by atoms with Crippen LogP contribution in [0.15, 0.2) is 24.3 Å². The number of hydrogen-bond donors (Lipinski definition) is 3. The highest BCUT2D eigenvalue weighted by Gasteiger charge is 2.33. The molecular formula is C21H30FN3O4. The first kappa shape index (κ1) is 21.7. The molecule has 0 bridgehead atoms. The van der Waals surface area contributed by atoms with Crippen molar-refractivity contribution in [2.45, 2.75) is 50.4 Å². The van der Waals surface area contributed by atoms with Gasteiger partial charge in [0.15, 0.2) is 0 Å². The predicted molar refractivity (Wildman–Crippen MR) is 106 cm³/mol. The SMILES string of the molecule is O=C(C[C@@H]1CC[C@@H](NC(=O)c2cccc(F)c2)[C@@H](CO)O1)NCCN1CCCC1. The van der Waals surface area contributed by atoms with Crippen LogP contribution in [0.4, 0.5) is 4.39 Å². The Morgan fingerprint density at radius 1 is 1.24 bits per heavy atom. The summed E-state index contributed by atoms with van der Waals surface area (Å²) in [6, 6.07) is 5.07. The molecule has 2 aliphatic rings. The summed E-state index contributed by atoms with van der Waals surface area (Å²) in [6.07, 6.45) is 2.99. The maximum Gasteiger partial charge on any atom is 0.251 e. The number of carbonyl (C=O) groups excluding carboxylic acids is 2. The topological polar surface area (TPSA) is 90.9 Å². The third kappa shape index (κ3) is 6.48. The number of amides is 2. The van der Waals surface area contributed by atoms with E-state index in [-0.39, 0.29) is 36.6 Å². The molecule has 1 aromatic rings. The van der Waals surface area contributed by atoms with E-state index in [9.17, 15) is 19.1 Å². The number of halogens is 1. The molecule has 0 unspecified atom stereocenters. The molecule has 2 fully saturated rings. The van der Waals surface area contributed by atoms with Gasteiger partial charge in [0.2, 0.25) is 5.91 Å². The molecule has 0 saturated carbocycles. The smallest absolute Gasteiger partial charge is 0.251 e. The molecule has 3 atom stereocenters. The van der Waals surface area contributed by atoms with Gasteiger partial charge in [-0.15, -0.1) is 0 Å². The van der Waals surface area contributed by atoms with Crippen LogP contribution >= 0.6 is 0 Å². The van der Waals surface area contributed by atoms with Crippen molar-refractivity contribution in [3.8, 4) is 0 Å². The van der Waals surface area contributed by atoms with Crippen LogP contribution in [-0.2, 0) is 9.53 Å². The van der Waals surface area contributed by atoms with Crippen LogP contribution in [0.5, 0.6) is 0 Å². The fraction of sp³-hybridized carbons (Fsp3) is 0.619. The summed E-state index contributed by atoms with van der Waals surface area (Å²) >= 11 is 0. The van der Waals surface area contributed by atoms with E-state index in [0.717, 1.165) is 19.6 Å². The summed E-state index contributed by atoms with van der Waals surface area (Å²) in [6.45, 7) is 3.43. The van der Waals surface area contributed by atoms with Crippen molar-refractivity contribution in [2.24, 2.45) is 0 Å². The first-order valence-electron chi connectivity index (χ1n) is 10.4. The van der Waals surface area contributed by atoms with E-state index in [4.69, 9.17) is 4.74 Å². The minimum atomic E-state index is -0.594. The standard InChI is InChI=1S/C21H30FN3O4/c22-16-5-3-4-15(12-16)21(28)24-18-7-6-17(29-19(18)14-26)13-20(27)23-8-11-25-9-1-2-10-25/h3-5,12,17-19,26H,1-2,6-11,13-14H2,(H,23,27)(H,24,28)/t17-,18+,19+/m0/s1. The number of hydrogen-bond acceptors (Lipinski definition) is 5. The minimum Gasteiger partial charge on any atom is -0.394 e. The molecule has 2 aliphatic heterocycles. The van der Waals surface area contributed by atoms with Crippen molar-refractivity contribution in [2.75, 3.05) is 32.8 Å². The number of nitrogens with zero attached hydrogens (tertiary/aromatic N) is 1. The van der Waals surface area contributed by atoms with Crippen LogP contribution in [0.3, 0.4) is 0 Å². The Bertz CT molecular complexity index is 696. The Balaban J connectivity index is 1.42. The predicted octanol–water partition coefficient (Wildman–Crippen LogP) is 1.07. The molecule has 0 aliphatic carbocycles. The summed E-state index contributed by atoms with van der Waals surface area (Å²) in [5.41, 5.74) is 0.223. The van der Waals surface area contributed by atoms with E-state index in [0.29, 0.717) is 19.4 Å². The number of likely N-dealkylation sites (tertiary alicyclic amines) is 1. The number of aliphatic hydroxyl groups excluding tert-OH is 1. The second kappa shape index (κ2) is 10.7. The van der Waals surface area contributed by atoms with Crippen molar-refractivity contribution < 1.29 is 23.8 Å². The van der Waals surface area contributed by atoms with Gasteiger partial charge in [-0.1, -0.05) is 6.07 Å². The van der Waals surface area contributed by atoms with Crippen LogP contribution in [-0.4, -0.2) is 72.9 Å². The lowest BCUT2D eigenvalue weighted by molar-refractivity contribution is -0.130. The third-order valence-corrected chi connectivity index (χ3v) is 5.56. The molecule has 3 N–H and O–H groups in total. The van der Waals surface area contributed by atoms with Crippen LogP contribution in [0, 0.1) is 5.82 Å².